The Bertz CT molecular complexity index is 1570. The molecular formula is C32H24N2. The van der Waals surface area contributed by atoms with E-state index in [0.717, 1.165) is 39.3 Å². The molecule has 0 aliphatic carbocycles. The molecule has 0 bridgehead atoms. The molecule has 0 spiro atoms. The predicted molar refractivity (Wildman–Crippen MR) is 146 cm³/mol. The Hall–Kier alpha value is -4.56. The number of fused-ring (bicyclic) bond motifs is 2. The Kier molecular flexibility index (Phi) is 4.97. The standard InChI is InChI=1S/C32H24N2/c33-29-21-19-23-11-7-9-17-27(23)31(29)32-28-18-10-8-12-24(28)20-22-30(32)34(25-13-3-1-4-14-25)26-15-5-2-6-16-26/h1-22H,33H2. The summed E-state index contributed by atoms with van der Waals surface area (Å²) in [4.78, 5) is 2.32. The van der Waals surface area contributed by atoms with E-state index in [1.54, 1.807) is 0 Å². The summed E-state index contributed by atoms with van der Waals surface area (Å²) in [7, 11) is 0. The molecule has 0 atom stereocenters. The molecule has 0 fully saturated rings. The first-order valence-electron chi connectivity index (χ1n) is 11.5. The number of hydrogen-bond acceptors (Lipinski definition) is 2. The van der Waals surface area contributed by atoms with Crippen LogP contribution in [-0.2, 0) is 0 Å². The summed E-state index contributed by atoms with van der Waals surface area (Å²) in [5.41, 5.74) is 13.0. The maximum atomic E-state index is 6.74. The van der Waals surface area contributed by atoms with Gasteiger partial charge in [0.05, 0.1) is 5.69 Å². The van der Waals surface area contributed by atoms with Gasteiger partial charge in [0.1, 0.15) is 0 Å². The van der Waals surface area contributed by atoms with Gasteiger partial charge in [0.15, 0.2) is 0 Å². The van der Waals surface area contributed by atoms with Gasteiger partial charge >= 0.3 is 0 Å². The van der Waals surface area contributed by atoms with Crippen LogP contribution in [0, 0.1) is 0 Å². The zero-order chi connectivity index (χ0) is 22.9. The minimum atomic E-state index is 0.775. The highest BCUT2D eigenvalue weighted by Crippen LogP contribution is 2.47. The monoisotopic (exact) mass is 436 g/mol. The number of nitrogens with two attached hydrogens (primary N) is 1. The van der Waals surface area contributed by atoms with Crippen LogP contribution in [0.15, 0.2) is 133 Å². The van der Waals surface area contributed by atoms with Gasteiger partial charge in [-0.3, -0.25) is 0 Å². The lowest BCUT2D eigenvalue weighted by molar-refractivity contribution is 1.29. The van der Waals surface area contributed by atoms with Crippen LogP contribution in [0.4, 0.5) is 22.7 Å². The van der Waals surface area contributed by atoms with Crippen LogP contribution >= 0.6 is 0 Å². The van der Waals surface area contributed by atoms with E-state index in [4.69, 9.17) is 5.73 Å². The molecule has 6 aromatic rings. The predicted octanol–water partition coefficient (Wildman–Crippen LogP) is 8.71. The third kappa shape index (κ3) is 3.37. The number of anilines is 4. The Labute approximate surface area is 199 Å². The second-order valence-electron chi connectivity index (χ2n) is 8.44. The van der Waals surface area contributed by atoms with Gasteiger partial charge in [0, 0.05) is 28.2 Å². The van der Waals surface area contributed by atoms with Crippen LogP contribution in [0.3, 0.4) is 0 Å². The van der Waals surface area contributed by atoms with Gasteiger partial charge in [0.2, 0.25) is 0 Å². The normalized spacial score (nSPS) is 11.1. The Morgan fingerprint density at radius 1 is 0.412 bits per heavy atom. The number of rotatable bonds is 4. The van der Waals surface area contributed by atoms with Crippen molar-refractivity contribution in [2.75, 3.05) is 10.6 Å². The molecule has 0 saturated heterocycles. The van der Waals surface area contributed by atoms with Crippen LogP contribution in [-0.4, -0.2) is 0 Å². The van der Waals surface area contributed by atoms with E-state index in [-0.39, 0.29) is 0 Å². The van der Waals surface area contributed by atoms with E-state index in [1.807, 2.05) is 6.07 Å². The number of nitrogen functional groups attached to an aromatic ring is 1. The summed E-state index contributed by atoms with van der Waals surface area (Å²) in [5, 5.41) is 4.70. The Balaban J connectivity index is 1.76. The summed E-state index contributed by atoms with van der Waals surface area (Å²) in [6.45, 7) is 0. The smallest absolute Gasteiger partial charge is 0.0547 e. The highest BCUT2D eigenvalue weighted by atomic mass is 15.1. The lowest BCUT2D eigenvalue weighted by Gasteiger charge is -2.29. The fraction of sp³-hybridized carbons (Fsp3) is 0. The van der Waals surface area contributed by atoms with E-state index in [2.05, 4.69) is 132 Å². The lowest BCUT2D eigenvalue weighted by Crippen LogP contribution is -2.11. The van der Waals surface area contributed by atoms with E-state index in [9.17, 15) is 0 Å². The molecule has 2 nitrogen and oxygen atoms in total. The van der Waals surface area contributed by atoms with E-state index in [1.165, 1.54) is 16.2 Å². The van der Waals surface area contributed by atoms with Gasteiger partial charge in [0.25, 0.3) is 0 Å². The van der Waals surface area contributed by atoms with Gasteiger partial charge in [-0.2, -0.15) is 0 Å². The molecule has 162 valence electrons. The molecular weight excluding hydrogens is 412 g/mol. The molecule has 0 saturated carbocycles. The van der Waals surface area contributed by atoms with Crippen LogP contribution in [0.2, 0.25) is 0 Å². The molecule has 0 aliphatic heterocycles. The highest BCUT2D eigenvalue weighted by molar-refractivity contribution is 6.14. The number of benzene rings is 6. The first kappa shape index (κ1) is 20.1. The summed E-state index contributed by atoms with van der Waals surface area (Å²) in [6.07, 6.45) is 0. The van der Waals surface area contributed by atoms with Crippen molar-refractivity contribution in [2.45, 2.75) is 0 Å². The second-order valence-corrected chi connectivity index (χ2v) is 8.44. The van der Waals surface area contributed by atoms with Crippen molar-refractivity contribution in [1.29, 1.82) is 0 Å². The molecule has 2 heteroatoms. The van der Waals surface area contributed by atoms with Gasteiger partial charge in [-0.05, 0) is 57.9 Å². The summed E-state index contributed by atoms with van der Waals surface area (Å²) in [6, 6.07) is 46.6. The zero-order valence-electron chi connectivity index (χ0n) is 18.7. The van der Waals surface area contributed by atoms with Crippen molar-refractivity contribution in [1.82, 2.24) is 0 Å². The van der Waals surface area contributed by atoms with Crippen molar-refractivity contribution >= 4 is 44.3 Å². The summed E-state index contributed by atoms with van der Waals surface area (Å²) < 4.78 is 0. The van der Waals surface area contributed by atoms with Crippen LogP contribution in [0.25, 0.3) is 32.7 Å². The fourth-order valence-electron chi connectivity index (χ4n) is 4.86. The minimum Gasteiger partial charge on any atom is -0.398 e. The Morgan fingerprint density at radius 3 is 1.47 bits per heavy atom. The molecule has 6 aromatic carbocycles. The number of hydrogen-bond donors (Lipinski definition) is 1. The van der Waals surface area contributed by atoms with Crippen molar-refractivity contribution in [2.24, 2.45) is 0 Å². The molecule has 34 heavy (non-hydrogen) atoms. The maximum absolute atomic E-state index is 6.74. The molecule has 0 aliphatic rings. The molecule has 0 aromatic heterocycles. The van der Waals surface area contributed by atoms with Crippen molar-refractivity contribution in [3.63, 3.8) is 0 Å². The first-order valence-corrected chi connectivity index (χ1v) is 11.5. The van der Waals surface area contributed by atoms with Crippen molar-refractivity contribution in [3.8, 4) is 11.1 Å². The van der Waals surface area contributed by atoms with Crippen LogP contribution in [0.1, 0.15) is 0 Å². The first-order chi connectivity index (χ1) is 16.8. The fourth-order valence-corrected chi connectivity index (χ4v) is 4.86. The average Bonchev–Trinajstić information content (AvgIpc) is 2.90. The van der Waals surface area contributed by atoms with Crippen molar-refractivity contribution in [3.05, 3.63) is 133 Å². The number of nitrogens with zero attached hydrogens (tertiary/aromatic N) is 1. The van der Waals surface area contributed by atoms with E-state index < -0.39 is 0 Å². The third-order valence-electron chi connectivity index (χ3n) is 6.39. The second kappa shape index (κ2) is 8.42. The van der Waals surface area contributed by atoms with Gasteiger partial charge in [-0.15, -0.1) is 0 Å². The van der Waals surface area contributed by atoms with Crippen molar-refractivity contribution < 1.29 is 0 Å². The van der Waals surface area contributed by atoms with E-state index in [0.29, 0.717) is 0 Å². The molecule has 2 N–H and O–H groups in total. The topological polar surface area (TPSA) is 29.3 Å². The maximum Gasteiger partial charge on any atom is 0.0547 e. The van der Waals surface area contributed by atoms with E-state index >= 15 is 0 Å². The third-order valence-corrected chi connectivity index (χ3v) is 6.39. The van der Waals surface area contributed by atoms with Crippen LogP contribution < -0.4 is 10.6 Å². The lowest BCUT2D eigenvalue weighted by atomic mass is 9.90. The minimum absolute atomic E-state index is 0.775. The molecule has 0 radical (unpaired) electrons. The summed E-state index contributed by atoms with van der Waals surface area (Å²) >= 11 is 0. The SMILES string of the molecule is Nc1ccc2ccccc2c1-c1c(N(c2ccccc2)c2ccccc2)ccc2ccccc12. The quantitative estimate of drug-likeness (QED) is 0.280. The van der Waals surface area contributed by atoms with Gasteiger partial charge in [-0.25, -0.2) is 0 Å². The molecule has 0 unspecified atom stereocenters. The Morgan fingerprint density at radius 2 is 0.882 bits per heavy atom. The largest absolute Gasteiger partial charge is 0.398 e. The number of para-hydroxylation sites is 2. The summed E-state index contributed by atoms with van der Waals surface area (Å²) in [5.74, 6) is 0. The zero-order valence-corrected chi connectivity index (χ0v) is 18.7. The highest BCUT2D eigenvalue weighted by Gasteiger charge is 2.21. The molecule has 0 heterocycles. The average molecular weight is 437 g/mol. The van der Waals surface area contributed by atoms with Gasteiger partial charge in [-0.1, -0.05) is 97.1 Å². The van der Waals surface area contributed by atoms with Gasteiger partial charge < -0.3 is 10.6 Å². The van der Waals surface area contributed by atoms with Crippen LogP contribution in [0.5, 0.6) is 0 Å². The molecule has 0 amide bonds. The molecule has 6 rings (SSSR count).